The molecule has 2 amide bonds. The number of nitrogens with one attached hydrogen (secondary N) is 1. The van der Waals surface area contributed by atoms with Crippen LogP contribution in [0, 0.1) is 5.92 Å². The summed E-state index contributed by atoms with van der Waals surface area (Å²) in [5.74, 6) is 5.44. The first-order valence-corrected chi connectivity index (χ1v) is 7.79. The molecule has 0 atom stereocenters. The third kappa shape index (κ3) is 4.37. The summed E-state index contributed by atoms with van der Waals surface area (Å²) in [6.07, 6.45) is 1.29. The van der Waals surface area contributed by atoms with Crippen LogP contribution in [0.25, 0.3) is 0 Å². The second-order valence-corrected chi connectivity index (χ2v) is 6.00. The highest BCUT2D eigenvalue weighted by molar-refractivity contribution is 8.00. The maximum atomic E-state index is 12.1. The molecule has 0 unspecified atom stereocenters. The monoisotopic (exact) mass is 309 g/mol. The molecule has 1 aliphatic rings. The lowest BCUT2D eigenvalue weighted by molar-refractivity contribution is -0.133. The number of hydrogen-bond donors (Lipinski definition) is 3. The fourth-order valence-corrected chi connectivity index (χ4v) is 3.17. The smallest absolute Gasteiger partial charge is 0.237 e. The van der Waals surface area contributed by atoms with E-state index in [0.29, 0.717) is 31.7 Å². The van der Waals surface area contributed by atoms with Crippen molar-refractivity contribution in [3.63, 3.8) is 0 Å². The Kier molecular flexibility index (Phi) is 5.46. The minimum atomic E-state index is -0.156. The lowest BCUT2D eigenvalue weighted by Gasteiger charge is -2.31. The van der Waals surface area contributed by atoms with E-state index in [1.165, 1.54) is 11.8 Å². The number of rotatable bonds is 4. The van der Waals surface area contributed by atoms with Gasteiger partial charge in [-0.1, -0.05) is 6.07 Å². The summed E-state index contributed by atoms with van der Waals surface area (Å²) in [7, 11) is 0. The number of aromatic hydroxyl groups is 1. The van der Waals surface area contributed by atoms with E-state index in [9.17, 15) is 14.7 Å². The Morgan fingerprint density at radius 3 is 2.71 bits per heavy atom. The number of hydrogen-bond acceptors (Lipinski definition) is 5. The number of amides is 2. The molecule has 1 fully saturated rings. The number of benzene rings is 1. The summed E-state index contributed by atoms with van der Waals surface area (Å²) >= 11 is 1.40. The predicted molar refractivity (Wildman–Crippen MR) is 80.5 cm³/mol. The molecule has 0 radical (unpaired) electrons. The molecule has 1 aromatic rings. The molecule has 0 aromatic heterocycles. The summed E-state index contributed by atoms with van der Waals surface area (Å²) in [5, 5.41) is 9.37. The number of phenols is 1. The second kappa shape index (κ2) is 7.33. The average molecular weight is 309 g/mol. The highest BCUT2D eigenvalue weighted by atomic mass is 32.2. The van der Waals surface area contributed by atoms with Gasteiger partial charge in [-0.25, -0.2) is 5.84 Å². The van der Waals surface area contributed by atoms with E-state index in [1.54, 1.807) is 23.1 Å². The topological polar surface area (TPSA) is 95.7 Å². The Bertz CT molecular complexity index is 516. The van der Waals surface area contributed by atoms with Crippen molar-refractivity contribution in [2.45, 2.75) is 17.7 Å². The average Bonchev–Trinajstić information content (AvgIpc) is 2.52. The second-order valence-electron chi connectivity index (χ2n) is 4.95. The molecule has 1 saturated heterocycles. The van der Waals surface area contributed by atoms with Crippen molar-refractivity contribution < 1.29 is 14.7 Å². The van der Waals surface area contributed by atoms with Crippen LogP contribution in [0.4, 0.5) is 0 Å². The molecule has 6 nitrogen and oxygen atoms in total. The molecule has 7 heteroatoms. The zero-order valence-corrected chi connectivity index (χ0v) is 12.4. The standard InChI is InChI=1S/C14H19N3O3S/c15-16-14(20)10-4-6-17(7-5-10)13(19)9-21-12-3-1-2-11(18)8-12/h1-3,8,10,18H,4-7,9,15H2,(H,16,20). The molecule has 0 spiro atoms. The van der Waals surface area contributed by atoms with E-state index in [-0.39, 0.29) is 23.5 Å². The van der Waals surface area contributed by atoms with Gasteiger partial charge in [0.2, 0.25) is 11.8 Å². The molecule has 1 aliphatic heterocycles. The minimum absolute atomic E-state index is 0.0509. The molecule has 2 rings (SSSR count). The maximum Gasteiger partial charge on any atom is 0.237 e. The zero-order valence-electron chi connectivity index (χ0n) is 11.6. The molecule has 1 heterocycles. The Morgan fingerprint density at radius 2 is 2.10 bits per heavy atom. The van der Waals surface area contributed by atoms with Crippen LogP contribution in [-0.2, 0) is 9.59 Å². The van der Waals surface area contributed by atoms with Gasteiger partial charge in [-0.2, -0.15) is 0 Å². The summed E-state index contributed by atoms with van der Waals surface area (Å²) in [5.41, 5.74) is 2.16. The summed E-state index contributed by atoms with van der Waals surface area (Å²) in [4.78, 5) is 26.2. The fraction of sp³-hybridized carbons (Fsp3) is 0.429. The zero-order chi connectivity index (χ0) is 15.2. The molecule has 21 heavy (non-hydrogen) atoms. The van der Waals surface area contributed by atoms with Gasteiger partial charge >= 0.3 is 0 Å². The van der Waals surface area contributed by atoms with Crippen LogP contribution >= 0.6 is 11.8 Å². The van der Waals surface area contributed by atoms with Gasteiger partial charge in [-0.05, 0) is 31.0 Å². The van der Waals surface area contributed by atoms with Gasteiger partial charge in [0.25, 0.3) is 0 Å². The fourth-order valence-electron chi connectivity index (χ4n) is 2.32. The minimum Gasteiger partial charge on any atom is -0.508 e. The molecule has 0 saturated carbocycles. The Morgan fingerprint density at radius 1 is 1.38 bits per heavy atom. The number of hydrazine groups is 1. The lowest BCUT2D eigenvalue weighted by Crippen LogP contribution is -2.45. The largest absolute Gasteiger partial charge is 0.508 e. The van der Waals surface area contributed by atoms with Crippen LogP contribution in [0.5, 0.6) is 5.75 Å². The molecule has 114 valence electrons. The highest BCUT2D eigenvalue weighted by Crippen LogP contribution is 2.23. The summed E-state index contributed by atoms with van der Waals surface area (Å²) in [6, 6.07) is 6.84. The number of carbonyl (C=O) groups excluding carboxylic acids is 2. The number of carbonyl (C=O) groups is 2. The van der Waals surface area contributed by atoms with Crippen LogP contribution in [0.3, 0.4) is 0 Å². The maximum absolute atomic E-state index is 12.1. The number of likely N-dealkylation sites (tertiary alicyclic amines) is 1. The number of phenolic OH excluding ortho intramolecular Hbond substituents is 1. The molecule has 4 N–H and O–H groups in total. The predicted octanol–water partition coefficient (Wildman–Crippen LogP) is 0.713. The molecule has 1 aromatic carbocycles. The van der Waals surface area contributed by atoms with Gasteiger partial charge in [0.15, 0.2) is 0 Å². The van der Waals surface area contributed by atoms with E-state index in [4.69, 9.17) is 5.84 Å². The van der Waals surface area contributed by atoms with E-state index >= 15 is 0 Å². The molecular formula is C14H19N3O3S. The first-order chi connectivity index (χ1) is 10.1. The lowest BCUT2D eigenvalue weighted by atomic mass is 9.96. The van der Waals surface area contributed by atoms with E-state index in [1.807, 2.05) is 6.07 Å². The number of piperidine rings is 1. The third-order valence-corrected chi connectivity index (χ3v) is 4.52. The van der Waals surface area contributed by atoms with Crippen molar-refractivity contribution in [3.8, 4) is 5.75 Å². The van der Waals surface area contributed by atoms with Crippen LogP contribution in [-0.4, -0.2) is 40.7 Å². The SMILES string of the molecule is NNC(=O)C1CCN(C(=O)CSc2cccc(O)c2)CC1. The Hall–Kier alpha value is -1.73. The highest BCUT2D eigenvalue weighted by Gasteiger charge is 2.26. The van der Waals surface area contributed by atoms with E-state index in [0.717, 1.165) is 4.90 Å². The van der Waals surface area contributed by atoms with Gasteiger partial charge in [0.1, 0.15) is 5.75 Å². The Labute approximate surface area is 127 Å². The van der Waals surface area contributed by atoms with Crippen molar-refractivity contribution in [1.29, 1.82) is 0 Å². The van der Waals surface area contributed by atoms with E-state index < -0.39 is 0 Å². The van der Waals surface area contributed by atoms with Crippen LogP contribution < -0.4 is 11.3 Å². The van der Waals surface area contributed by atoms with Crippen molar-refractivity contribution in [2.75, 3.05) is 18.8 Å². The third-order valence-electron chi connectivity index (χ3n) is 3.54. The van der Waals surface area contributed by atoms with Gasteiger partial charge in [-0.3, -0.25) is 15.0 Å². The molecular weight excluding hydrogens is 290 g/mol. The van der Waals surface area contributed by atoms with Gasteiger partial charge in [-0.15, -0.1) is 11.8 Å². The molecule has 0 bridgehead atoms. The summed E-state index contributed by atoms with van der Waals surface area (Å²) < 4.78 is 0. The van der Waals surface area contributed by atoms with E-state index in [2.05, 4.69) is 5.43 Å². The number of nitrogens with zero attached hydrogens (tertiary/aromatic N) is 1. The summed E-state index contributed by atoms with van der Waals surface area (Å²) in [6.45, 7) is 1.16. The number of nitrogens with two attached hydrogens (primary N) is 1. The van der Waals surface area contributed by atoms with Gasteiger partial charge in [0, 0.05) is 23.9 Å². The Balaban J connectivity index is 1.78. The first-order valence-electron chi connectivity index (χ1n) is 6.80. The van der Waals surface area contributed by atoms with Crippen molar-refractivity contribution in [3.05, 3.63) is 24.3 Å². The normalized spacial score (nSPS) is 15.8. The van der Waals surface area contributed by atoms with Gasteiger partial charge < -0.3 is 10.0 Å². The quantitative estimate of drug-likeness (QED) is 0.329. The van der Waals surface area contributed by atoms with Crippen LogP contribution in [0.1, 0.15) is 12.8 Å². The van der Waals surface area contributed by atoms with Crippen LogP contribution in [0.15, 0.2) is 29.2 Å². The van der Waals surface area contributed by atoms with Gasteiger partial charge in [0.05, 0.1) is 5.75 Å². The van der Waals surface area contributed by atoms with Crippen LogP contribution in [0.2, 0.25) is 0 Å². The van der Waals surface area contributed by atoms with Crippen molar-refractivity contribution >= 4 is 23.6 Å². The van der Waals surface area contributed by atoms with Crippen molar-refractivity contribution in [2.24, 2.45) is 11.8 Å². The molecule has 0 aliphatic carbocycles. The first kappa shape index (κ1) is 15.7. The number of thioether (sulfide) groups is 1. The van der Waals surface area contributed by atoms with Crippen molar-refractivity contribution in [1.82, 2.24) is 10.3 Å².